The number of nitrogens with zero attached hydrogens (tertiary/aromatic N) is 6. The highest BCUT2D eigenvalue weighted by Crippen LogP contribution is 2.31. The number of nitrogens with one attached hydrogen (secondary N) is 1. The van der Waals surface area contributed by atoms with E-state index < -0.39 is 0 Å². The van der Waals surface area contributed by atoms with E-state index in [2.05, 4.69) is 25.5 Å². The maximum atomic E-state index is 13.6. The Morgan fingerprint density at radius 1 is 1.26 bits per heavy atom. The summed E-state index contributed by atoms with van der Waals surface area (Å²) in [5.74, 6) is 0.460. The molecule has 9 nitrogen and oxygen atoms in total. The molecule has 11 heteroatoms. The lowest BCUT2D eigenvalue weighted by atomic mass is 10.1. The second kappa shape index (κ2) is 8.56. The van der Waals surface area contributed by atoms with E-state index in [1.165, 1.54) is 35.1 Å². The second-order valence-corrected chi connectivity index (χ2v) is 9.45. The molecule has 1 N–H and O–H groups in total. The minimum Gasteiger partial charge on any atom is -0.347 e. The van der Waals surface area contributed by atoms with Crippen LogP contribution in [0.1, 0.15) is 44.3 Å². The number of fused-ring (bicyclic) bond motifs is 1. The molecule has 5 rings (SSSR count). The van der Waals surface area contributed by atoms with Gasteiger partial charge in [-0.05, 0) is 25.5 Å². The first kappa shape index (κ1) is 22.1. The molecule has 0 radical (unpaired) electrons. The van der Waals surface area contributed by atoms with Gasteiger partial charge in [-0.2, -0.15) is 10.2 Å². The zero-order valence-corrected chi connectivity index (χ0v) is 19.7. The number of thiazole rings is 1. The normalized spacial score (nSPS) is 15.2. The van der Waals surface area contributed by atoms with Crippen LogP contribution in [0.3, 0.4) is 0 Å². The molecule has 4 heterocycles. The summed E-state index contributed by atoms with van der Waals surface area (Å²) in [6.07, 6.45) is 2.74. The predicted octanol–water partition coefficient (Wildman–Crippen LogP) is 3.20. The Bertz CT molecular complexity index is 1420. The number of amides is 1. The van der Waals surface area contributed by atoms with Gasteiger partial charge in [0.25, 0.3) is 5.91 Å². The molecular formula is C23H22FN7O2S. The zero-order valence-electron chi connectivity index (χ0n) is 18.9. The van der Waals surface area contributed by atoms with Crippen LogP contribution < -0.4 is 5.32 Å². The third-order valence-electron chi connectivity index (χ3n) is 5.75. The molecule has 0 spiro atoms. The van der Waals surface area contributed by atoms with Crippen molar-refractivity contribution < 1.29 is 14.0 Å². The maximum absolute atomic E-state index is 13.6. The molecule has 3 aromatic heterocycles. The van der Waals surface area contributed by atoms with Crippen LogP contribution in [0.5, 0.6) is 0 Å². The van der Waals surface area contributed by atoms with Crippen LogP contribution in [0.4, 0.5) is 4.39 Å². The number of ketones is 1. The molecule has 4 aromatic rings. The van der Waals surface area contributed by atoms with Crippen molar-refractivity contribution in [3.63, 3.8) is 0 Å². The van der Waals surface area contributed by atoms with Crippen LogP contribution in [-0.4, -0.2) is 47.3 Å². The number of carbonyl (C=O) groups excluding carboxylic acids is 2. The SMILES string of the molecule is CC(=O)c1sc(C)nc1-c1cnn(C)c1C(=O)NC1CCn2nc(-c3cccc(F)c3)nc2C1. The quantitative estimate of drug-likeness (QED) is 0.441. The standard InChI is InChI=1S/C23H22FN7O2S/c1-12(32)21-19(26-13(2)34-21)17-11-25-30(3)20(17)23(33)27-16-7-8-31-18(10-16)28-22(29-31)14-5-4-6-15(24)9-14/h4-6,9,11,16H,7-8,10H2,1-3H3,(H,27,33). The Hall–Kier alpha value is -3.73. The highest BCUT2D eigenvalue weighted by molar-refractivity contribution is 7.14. The van der Waals surface area contributed by atoms with Crippen molar-refractivity contribution in [1.29, 1.82) is 0 Å². The molecule has 0 bridgehead atoms. The van der Waals surface area contributed by atoms with Gasteiger partial charge in [0.1, 0.15) is 17.3 Å². The van der Waals surface area contributed by atoms with Crippen molar-refractivity contribution in [3.8, 4) is 22.6 Å². The van der Waals surface area contributed by atoms with Gasteiger partial charge in [-0.25, -0.2) is 19.0 Å². The number of hydrogen-bond acceptors (Lipinski definition) is 7. The van der Waals surface area contributed by atoms with Crippen molar-refractivity contribution in [2.24, 2.45) is 7.05 Å². The summed E-state index contributed by atoms with van der Waals surface area (Å²) in [7, 11) is 1.69. The summed E-state index contributed by atoms with van der Waals surface area (Å²) in [6, 6.07) is 6.02. The lowest BCUT2D eigenvalue weighted by Gasteiger charge is -2.23. The van der Waals surface area contributed by atoms with Crippen molar-refractivity contribution >= 4 is 23.0 Å². The Balaban J connectivity index is 1.37. The van der Waals surface area contributed by atoms with Crippen LogP contribution in [0.2, 0.25) is 0 Å². The van der Waals surface area contributed by atoms with E-state index in [9.17, 15) is 14.0 Å². The number of Topliss-reactive ketones (excluding diaryl/α,β-unsaturated/α-hetero) is 1. The van der Waals surface area contributed by atoms with Crippen LogP contribution >= 0.6 is 11.3 Å². The number of aryl methyl sites for hydroxylation is 3. The molecule has 0 saturated heterocycles. The minimum absolute atomic E-state index is 0.100. The highest BCUT2D eigenvalue weighted by Gasteiger charge is 2.28. The van der Waals surface area contributed by atoms with Gasteiger partial charge in [-0.15, -0.1) is 11.3 Å². The van der Waals surface area contributed by atoms with Gasteiger partial charge in [0.2, 0.25) is 0 Å². The molecule has 0 aliphatic carbocycles. The molecule has 34 heavy (non-hydrogen) atoms. The van der Waals surface area contributed by atoms with E-state index in [4.69, 9.17) is 0 Å². The van der Waals surface area contributed by atoms with E-state index >= 15 is 0 Å². The number of hydrogen-bond donors (Lipinski definition) is 1. The van der Waals surface area contributed by atoms with Gasteiger partial charge in [0, 0.05) is 38.5 Å². The second-order valence-electron chi connectivity index (χ2n) is 8.25. The fourth-order valence-corrected chi connectivity index (χ4v) is 4.99. The first-order chi connectivity index (χ1) is 16.3. The third kappa shape index (κ3) is 4.03. The van der Waals surface area contributed by atoms with Gasteiger partial charge in [0.15, 0.2) is 11.6 Å². The number of rotatable bonds is 5. The lowest BCUT2D eigenvalue weighted by Crippen LogP contribution is -2.41. The van der Waals surface area contributed by atoms with Gasteiger partial charge in [-0.1, -0.05) is 12.1 Å². The topological polar surface area (TPSA) is 108 Å². The fourth-order valence-electron chi connectivity index (χ4n) is 4.16. The van der Waals surface area contributed by atoms with Crippen LogP contribution in [0.15, 0.2) is 30.5 Å². The number of aromatic nitrogens is 6. The average molecular weight is 480 g/mol. The smallest absolute Gasteiger partial charge is 0.270 e. The number of carbonyl (C=O) groups is 2. The van der Waals surface area contributed by atoms with Gasteiger partial charge < -0.3 is 5.32 Å². The van der Waals surface area contributed by atoms with Gasteiger partial charge in [-0.3, -0.25) is 14.3 Å². The third-order valence-corrected chi connectivity index (χ3v) is 6.82. The maximum Gasteiger partial charge on any atom is 0.270 e. The zero-order chi connectivity index (χ0) is 24.0. The molecule has 1 unspecified atom stereocenters. The van der Waals surface area contributed by atoms with Crippen molar-refractivity contribution in [1.82, 2.24) is 34.8 Å². The summed E-state index contributed by atoms with van der Waals surface area (Å²) in [6.45, 7) is 3.90. The van der Waals surface area contributed by atoms with Gasteiger partial charge >= 0.3 is 0 Å². The molecule has 1 aliphatic rings. The number of benzene rings is 1. The van der Waals surface area contributed by atoms with Crippen molar-refractivity contribution in [2.75, 3.05) is 0 Å². The fraction of sp³-hybridized carbons (Fsp3) is 0.304. The lowest BCUT2D eigenvalue weighted by molar-refractivity contribution is 0.0920. The van der Waals surface area contributed by atoms with E-state index in [1.807, 2.05) is 6.92 Å². The Morgan fingerprint density at radius 3 is 2.85 bits per heavy atom. The summed E-state index contributed by atoms with van der Waals surface area (Å²) < 4.78 is 16.9. The van der Waals surface area contributed by atoms with Crippen molar-refractivity contribution in [3.05, 3.63) is 57.7 Å². The van der Waals surface area contributed by atoms with E-state index in [-0.39, 0.29) is 23.5 Å². The monoisotopic (exact) mass is 479 g/mol. The van der Waals surface area contributed by atoms with E-state index in [1.54, 1.807) is 30.1 Å². The molecule has 1 aromatic carbocycles. The molecule has 1 atom stereocenters. The van der Waals surface area contributed by atoms with Crippen LogP contribution in [0.25, 0.3) is 22.6 Å². The Labute approximate surface area is 198 Å². The highest BCUT2D eigenvalue weighted by atomic mass is 32.1. The Morgan fingerprint density at radius 2 is 2.09 bits per heavy atom. The summed E-state index contributed by atoms with van der Waals surface area (Å²) >= 11 is 1.31. The molecule has 1 aliphatic heterocycles. The first-order valence-electron chi connectivity index (χ1n) is 10.8. The summed E-state index contributed by atoms with van der Waals surface area (Å²) in [5.41, 5.74) is 1.97. The first-order valence-corrected chi connectivity index (χ1v) is 11.6. The van der Waals surface area contributed by atoms with Crippen LogP contribution in [-0.2, 0) is 20.0 Å². The van der Waals surface area contributed by atoms with Crippen LogP contribution in [0, 0.1) is 12.7 Å². The van der Waals surface area contributed by atoms with E-state index in [0.717, 1.165) is 10.8 Å². The Kier molecular flexibility index (Phi) is 5.56. The largest absolute Gasteiger partial charge is 0.347 e. The minimum atomic E-state index is -0.342. The molecule has 174 valence electrons. The number of halogens is 1. The molecular weight excluding hydrogens is 457 g/mol. The van der Waals surface area contributed by atoms with Gasteiger partial charge in [0.05, 0.1) is 27.3 Å². The summed E-state index contributed by atoms with van der Waals surface area (Å²) in [5, 5.41) is 12.6. The molecule has 1 amide bonds. The van der Waals surface area contributed by atoms with E-state index in [0.29, 0.717) is 52.6 Å². The van der Waals surface area contributed by atoms with Crippen molar-refractivity contribution in [2.45, 2.75) is 39.3 Å². The average Bonchev–Trinajstić information content (AvgIpc) is 3.49. The molecule has 0 fully saturated rings. The predicted molar refractivity (Wildman–Crippen MR) is 124 cm³/mol. The summed E-state index contributed by atoms with van der Waals surface area (Å²) in [4.78, 5) is 35.0. The molecule has 0 saturated carbocycles.